The standard InChI is InChI=1S/C14H23N3O4S/c1-9-6-10(2)8-17(7-9)22(20,21)12-11(3)15(4)14(19)16(5)13(12)18/h9-10H,6-8H2,1-5H3/t9-,10-/m0/s1. The van der Waals surface area contributed by atoms with Crippen molar-refractivity contribution in [2.75, 3.05) is 13.1 Å². The molecule has 2 atom stereocenters. The molecule has 0 N–H and O–H groups in total. The van der Waals surface area contributed by atoms with Crippen LogP contribution in [0.2, 0.25) is 0 Å². The summed E-state index contributed by atoms with van der Waals surface area (Å²) in [6.07, 6.45) is 0.969. The minimum absolute atomic E-state index is 0.180. The third-order valence-corrected chi connectivity index (χ3v) is 6.30. The highest BCUT2D eigenvalue weighted by Crippen LogP contribution is 2.26. The van der Waals surface area contributed by atoms with Crippen LogP contribution in [0.15, 0.2) is 14.5 Å². The summed E-state index contributed by atoms with van der Waals surface area (Å²) in [5, 5.41) is 0. The van der Waals surface area contributed by atoms with Crippen LogP contribution in [-0.2, 0) is 24.1 Å². The zero-order valence-corrected chi connectivity index (χ0v) is 14.5. The van der Waals surface area contributed by atoms with Crippen LogP contribution in [0.4, 0.5) is 0 Å². The third-order valence-electron chi connectivity index (χ3n) is 4.34. The van der Waals surface area contributed by atoms with E-state index in [-0.39, 0.29) is 22.4 Å². The van der Waals surface area contributed by atoms with Crippen molar-refractivity contribution >= 4 is 10.0 Å². The molecule has 124 valence electrons. The second-order valence-electron chi connectivity index (χ2n) is 6.39. The van der Waals surface area contributed by atoms with E-state index >= 15 is 0 Å². The Kier molecular flexibility index (Phi) is 4.36. The first-order valence-electron chi connectivity index (χ1n) is 7.34. The van der Waals surface area contributed by atoms with Crippen molar-refractivity contribution < 1.29 is 8.42 Å². The highest BCUT2D eigenvalue weighted by Gasteiger charge is 2.35. The fourth-order valence-corrected chi connectivity index (χ4v) is 5.17. The van der Waals surface area contributed by atoms with Gasteiger partial charge in [0, 0.05) is 32.9 Å². The zero-order chi connectivity index (χ0) is 16.8. The fourth-order valence-electron chi connectivity index (χ4n) is 3.14. The number of sulfonamides is 1. The lowest BCUT2D eigenvalue weighted by Gasteiger charge is -2.34. The summed E-state index contributed by atoms with van der Waals surface area (Å²) < 4.78 is 29.3. The van der Waals surface area contributed by atoms with Gasteiger partial charge in [0.05, 0.1) is 0 Å². The summed E-state index contributed by atoms with van der Waals surface area (Å²) >= 11 is 0. The molecule has 22 heavy (non-hydrogen) atoms. The Morgan fingerprint density at radius 2 is 1.50 bits per heavy atom. The fraction of sp³-hybridized carbons (Fsp3) is 0.714. The lowest BCUT2D eigenvalue weighted by molar-refractivity contribution is 0.222. The van der Waals surface area contributed by atoms with Gasteiger partial charge in [-0.05, 0) is 25.2 Å². The third kappa shape index (κ3) is 2.65. The van der Waals surface area contributed by atoms with E-state index in [1.165, 1.54) is 29.9 Å². The Labute approximate surface area is 130 Å². The topological polar surface area (TPSA) is 81.4 Å². The van der Waals surface area contributed by atoms with E-state index in [1.54, 1.807) is 0 Å². The lowest BCUT2D eigenvalue weighted by atomic mass is 9.94. The molecule has 0 radical (unpaired) electrons. The number of nitrogens with zero attached hydrogens (tertiary/aromatic N) is 3. The van der Waals surface area contributed by atoms with Gasteiger partial charge < -0.3 is 0 Å². The van der Waals surface area contributed by atoms with E-state index in [2.05, 4.69) is 0 Å². The van der Waals surface area contributed by atoms with Crippen LogP contribution in [0.5, 0.6) is 0 Å². The van der Waals surface area contributed by atoms with Crippen molar-refractivity contribution in [2.45, 2.75) is 32.1 Å². The van der Waals surface area contributed by atoms with Gasteiger partial charge in [-0.1, -0.05) is 13.8 Å². The van der Waals surface area contributed by atoms with Gasteiger partial charge in [-0.3, -0.25) is 13.9 Å². The molecule has 0 bridgehead atoms. The van der Waals surface area contributed by atoms with Gasteiger partial charge in [-0.25, -0.2) is 13.2 Å². The number of aromatic nitrogens is 2. The Hall–Kier alpha value is -1.41. The van der Waals surface area contributed by atoms with Gasteiger partial charge in [0.2, 0.25) is 10.0 Å². The molecule has 1 saturated heterocycles. The predicted molar refractivity (Wildman–Crippen MR) is 83.4 cm³/mol. The molecule has 1 fully saturated rings. The van der Waals surface area contributed by atoms with E-state index in [0.29, 0.717) is 13.1 Å². The maximum absolute atomic E-state index is 12.9. The van der Waals surface area contributed by atoms with Crippen LogP contribution in [0.1, 0.15) is 26.0 Å². The molecule has 2 rings (SSSR count). The molecule has 0 aromatic carbocycles. The predicted octanol–water partition coefficient (Wildman–Crippen LogP) is 0.0590. The molecule has 8 heteroatoms. The number of rotatable bonds is 2. The Bertz CT molecular complexity index is 797. The SMILES string of the molecule is Cc1c(S(=O)(=O)N2C[C@@H](C)C[C@H](C)C2)c(=O)n(C)c(=O)n1C. The molecule has 1 aliphatic rings. The first-order chi connectivity index (χ1) is 10.1. The van der Waals surface area contributed by atoms with Crippen LogP contribution >= 0.6 is 0 Å². The van der Waals surface area contributed by atoms with Gasteiger partial charge in [-0.15, -0.1) is 0 Å². The number of piperidine rings is 1. The van der Waals surface area contributed by atoms with E-state index in [1.807, 2.05) is 13.8 Å². The van der Waals surface area contributed by atoms with Crippen molar-refractivity contribution in [2.24, 2.45) is 25.9 Å². The Morgan fingerprint density at radius 3 is 2.00 bits per heavy atom. The smallest absolute Gasteiger partial charge is 0.300 e. The summed E-state index contributed by atoms with van der Waals surface area (Å²) in [6, 6.07) is 0. The molecule has 0 amide bonds. The number of hydrogen-bond acceptors (Lipinski definition) is 4. The van der Waals surface area contributed by atoms with Gasteiger partial charge in [0.15, 0.2) is 4.90 Å². The van der Waals surface area contributed by atoms with Gasteiger partial charge in [0.1, 0.15) is 0 Å². The number of hydrogen-bond donors (Lipinski definition) is 0. The zero-order valence-electron chi connectivity index (χ0n) is 13.7. The molecule has 0 spiro atoms. The average molecular weight is 329 g/mol. The summed E-state index contributed by atoms with van der Waals surface area (Å²) in [7, 11) is -1.14. The molecule has 0 saturated carbocycles. The van der Waals surface area contributed by atoms with Gasteiger partial charge in [-0.2, -0.15) is 4.31 Å². The average Bonchev–Trinajstić information content (AvgIpc) is 2.42. The van der Waals surface area contributed by atoms with Crippen LogP contribution in [0, 0.1) is 18.8 Å². The van der Waals surface area contributed by atoms with Gasteiger partial charge >= 0.3 is 5.69 Å². The van der Waals surface area contributed by atoms with E-state index in [9.17, 15) is 18.0 Å². The van der Waals surface area contributed by atoms with Crippen molar-refractivity contribution in [1.82, 2.24) is 13.4 Å². The van der Waals surface area contributed by atoms with Crippen LogP contribution in [0.25, 0.3) is 0 Å². The molecule has 0 unspecified atom stereocenters. The molecule has 2 heterocycles. The monoisotopic (exact) mass is 329 g/mol. The summed E-state index contributed by atoms with van der Waals surface area (Å²) in [4.78, 5) is 24.0. The van der Waals surface area contributed by atoms with Crippen LogP contribution in [0.3, 0.4) is 0 Å². The highest BCUT2D eigenvalue weighted by molar-refractivity contribution is 7.89. The quantitative estimate of drug-likeness (QED) is 0.768. The van der Waals surface area contributed by atoms with E-state index in [0.717, 1.165) is 11.0 Å². The minimum atomic E-state index is -3.91. The highest BCUT2D eigenvalue weighted by atomic mass is 32.2. The second-order valence-corrected chi connectivity index (χ2v) is 8.26. The Balaban J connectivity index is 2.65. The molecule has 0 aliphatic carbocycles. The maximum atomic E-state index is 12.9. The van der Waals surface area contributed by atoms with Crippen molar-refractivity contribution in [1.29, 1.82) is 0 Å². The maximum Gasteiger partial charge on any atom is 0.330 e. The lowest BCUT2D eigenvalue weighted by Crippen LogP contribution is -2.47. The van der Waals surface area contributed by atoms with Gasteiger partial charge in [0.25, 0.3) is 5.56 Å². The normalized spacial score (nSPS) is 23.7. The molecular formula is C14H23N3O4S. The largest absolute Gasteiger partial charge is 0.330 e. The molecule has 1 aromatic heterocycles. The molecule has 7 nitrogen and oxygen atoms in total. The summed E-state index contributed by atoms with van der Waals surface area (Å²) in [5.74, 6) is 0.491. The minimum Gasteiger partial charge on any atom is -0.300 e. The summed E-state index contributed by atoms with van der Waals surface area (Å²) in [5.41, 5.74) is -1.10. The van der Waals surface area contributed by atoms with Crippen LogP contribution in [-0.4, -0.2) is 34.9 Å². The van der Waals surface area contributed by atoms with Crippen LogP contribution < -0.4 is 11.2 Å². The molecule has 1 aromatic rings. The Morgan fingerprint density at radius 1 is 1.00 bits per heavy atom. The van der Waals surface area contributed by atoms with E-state index < -0.39 is 21.3 Å². The first-order valence-corrected chi connectivity index (χ1v) is 8.78. The van der Waals surface area contributed by atoms with Crippen molar-refractivity contribution in [3.8, 4) is 0 Å². The van der Waals surface area contributed by atoms with Crippen molar-refractivity contribution in [3.63, 3.8) is 0 Å². The first kappa shape index (κ1) is 17.0. The summed E-state index contributed by atoms with van der Waals surface area (Å²) in [6.45, 7) is 6.30. The molecule has 1 aliphatic heterocycles. The van der Waals surface area contributed by atoms with E-state index in [4.69, 9.17) is 0 Å². The molecular weight excluding hydrogens is 306 g/mol. The van der Waals surface area contributed by atoms with Crippen molar-refractivity contribution in [3.05, 3.63) is 26.5 Å². The second kappa shape index (κ2) is 5.66.